The summed E-state index contributed by atoms with van der Waals surface area (Å²) in [6, 6.07) is 6.67. The molecule has 0 spiro atoms. The molecule has 1 aliphatic heterocycles. The Kier molecular flexibility index (Phi) is 3.16. The van der Waals surface area contributed by atoms with Crippen LogP contribution in [0.1, 0.15) is 6.92 Å². The first kappa shape index (κ1) is 12.7. The predicted octanol–water partition coefficient (Wildman–Crippen LogP) is 0.0890. The molecule has 0 saturated heterocycles. The molecule has 6 nitrogen and oxygen atoms in total. The van der Waals surface area contributed by atoms with Gasteiger partial charge in [-0.25, -0.2) is 8.42 Å². The molecule has 98 valence electrons. The van der Waals surface area contributed by atoms with Crippen molar-refractivity contribution in [1.82, 2.24) is 0 Å². The van der Waals surface area contributed by atoms with Gasteiger partial charge in [-0.05, 0) is 19.1 Å². The smallest absolute Gasteiger partial charge is 0.260 e. The molecule has 1 aromatic rings. The summed E-state index contributed by atoms with van der Waals surface area (Å²) in [6.45, 7) is 1.47. The number of sulfonamides is 1. The lowest BCUT2D eigenvalue weighted by molar-refractivity contribution is -0.124. The maximum atomic E-state index is 12.0. The van der Waals surface area contributed by atoms with Gasteiger partial charge in [0.25, 0.3) is 5.91 Å². The van der Waals surface area contributed by atoms with Gasteiger partial charge < -0.3 is 10.5 Å². The van der Waals surface area contributed by atoms with Crippen LogP contribution in [0.3, 0.4) is 0 Å². The molecule has 1 amide bonds. The number of hydrogen-bond donors (Lipinski definition) is 1. The molecule has 7 heteroatoms. The van der Waals surface area contributed by atoms with Gasteiger partial charge in [-0.3, -0.25) is 9.10 Å². The van der Waals surface area contributed by atoms with Crippen molar-refractivity contribution >= 4 is 21.6 Å². The van der Waals surface area contributed by atoms with Crippen LogP contribution in [0.5, 0.6) is 5.75 Å². The highest BCUT2D eigenvalue weighted by atomic mass is 32.2. The third-order valence-corrected chi connectivity index (χ3v) is 4.50. The van der Waals surface area contributed by atoms with Crippen LogP contribution in [-0.2, 0) is 14.8 Å². The second-order valence-corrected chi connectivity index (χ2v) is 6.09. The number of nitrogens with zero attached hydrogens (tertiary/aromatic N) is 1. The highest BCUT2D eigenvalue weighted by molar-refractivity contribution is 7.92. The number of carbonyl (C=O) groups is 1. The zero-order chi connectivity index (χ0) is 13.3. The average Bonchev–Trinajstić information content (AvgIpc) is 2.37. The number of anilines is 1. The van der Waals surface area contributed by atoms with Crippen molar-refractivity contribution in [1.29, 1.82) is 0 Å². The van der Waals surface area contributed by atoms with Crippen molar-refractivity contribution in [2.45, 2.75) is 13.0 Å². The van der Waals surface area contributed by atoms with Gasteiger partial charge in [-0.1, -0.05) is 12.1 Å². The second kappa shape index (κ2) is 4.49. The van der Waals surface area contributed by atoms with Crippen molar-refractivity contribution < 1.29 is 17.9 Å². The van der Waals surface area contributed by atoms with Crippen LogP contribution in [0.4, 0.5) is 5.69 Å². The average molecular weight is 270 g/mol. The maximum absolute atomic E-state index is 12.0. The van der Waals surface area contributed by atoms with E-state index in [4.69, 9.17) is 10.5 Å². The second-order valence-electron chi connectivity index (χ2n) is 3.91. The lowest BCUT2D eigenvalue weighted by Crippen LogP contribution is -2.49. The van der Waals surface area contributed by atoms with Crippen LogP contribution in [0.2, 0.25) is 0 Å². The molecule has 0 saturated carbocycles. The number of benzene rings is 1. The summed E-state index contributed by atoms with van der Waals surface area (Å²) < 4.78 is 30.6. The standard InChI is InChI=1S/C11H14N2O4S/c1-2-18(15,16)13-7-10(11(12)14)17-9-6-4-3-5-8(9)13/h3-6,10H,2,7H2,1H3,(H2,12,14)/t10-/m0/s1. The number of ether oxygens (including phenoxy) is 1. The number of hydrogen-bond acceptors (Lipinski definition) is 4. The van der Waals surface area contributed by atoms with Crippen molar-refractivity contribution in [3.05, 3.63) is 24.3 Å². The zero-order valence-corrected chi connectivity index (χ0v) is 10.7. The number of rotatable bonds is 3. The summed E-state index contributed by atoms with van der Waals surface area (Å²) in [6.07, 6.45) is -0.957. The highest BCUT2D eigenvalue weighted by Gasteiger charge is 2.34. The molecular formula is C11H14N2O4S. The topological polar surface area (TPSA) is 89.7 Å². The summed E-state index contributed by atoms with van der Waals surface area (Å²) in [5.74, 6) is -0.377. The van der Waals surface area contributed by atoms with E-state index >= 15 is 0 Å². The lowest BCUT2D eigenvalue weighted by Gasteiger charge is -2.33. The Morgan fingerprint density at radius 1 is 1.50 bits per heavy atom. The SMILES string of the molecule is CCS(=O)(=O)N1C[C@@H](C(N)=O)Oc2ccccc21. The van der Waals surface area contributed by atoms with Gasteiger partial charge in [0.05, 0.1) is 18.0 Å². The number of para-hydroxylation sites is 2. The molecule has 1 aliphatic rings. The first-order valence-electron chi connectivity index (χ1n) is 5.51. The van der Waals surface area contributed by atoms with E-state index in [-0.39, 0.29) is 12.3 Å². The predicted molar refractivity (Wildman–Crippen MR) is 66.9 cm³/mol. The van der Waals surface area contributed by atoms with Gasteiger partial charge in [0, 0.05) is 0 Å². The van der Waals surface area contributed by atoms with Crippen LogP contribution >= 0.6 is 0 Å². The van der Waals surface area contributed by atoms with E-state index in [1.165, 1.54) is 4.31 Å². The Morgan fingerprint density at radius 3 is 2.78 bits per heavy atom. The first-order valence-corrected chi connectivity index (χ1v) is 7.12. The quantitative estimate of drug-likeness (QED) is 0.842. The van der Waals surface area contributed by atoms with Gasteiger partial charge in [-0.2, -0.15) is 0 Å². The van der Waals surface area contributed by atoms with Gasteiger partial charge in [0.2, 0.25) is 10.0 Å². The molecule has 1 heterocycles. The van der Waals surface area contributed by atoms with E-state index in [2.05, 4.69) is 0 Å². The largest absolute Gasteiger partial charge is 0.476 e. The van der Waals surface area contributed by atoms with Crippen molar-refractivity contribution in [2.75, 3.05) is 16.6 Å². The van der Waals surface area contributed by atoms with E-state index in [0.29, 0.717) is 11.4 Å². The van der Waals surface area contributed by atoms with Gasteiger partial charge in [-0.15, -0.1) is 0 Å². The minimum Gasteiger partial charge on any atom is -0.476 e. The normalized spacial score (nSPS) is 18.9. The van der Waals surface area contributed by atoms with Crippen molar-refractivity contribution in [3.8, 4) is 5.75 Å². The third kappa shape index (κ3) is 2.13. The number of carbonyl (C=O) groups excluding carboxylic acids is 1. The molecule has 1 atom stereocenters. The van der Waals surface area contributed by atoms with Crippen LogP contribution < -0.4 is 14.8 Å². The monoisotopic (exact) mass is 270 g/mol. The first-order chi connectivity index (χ1) is 8.45. The molecule has 0 radical (unpaired) electrons. The van der Waals surface area contributed by atoms with Crippen LogP contribution in [-0.4, -0.2) is 32.7 Å². The lowest BCUT2D eigenvalue weighted by atomic mass is 10.2. The summed E-state index contributed by atoms with van der Waals surface area (Å²) in [7, 11) is -3.46. The molecular weight excluding hydrogens is 256 g/mol. The molecule has 0 aromatic heterocycles. The Morgan fingerprint density at radius 2 is 2.17 bits per heavy atom. The van der Waals surface area contributed by atoms with E-state index in [9.17, 15) is 13.2 Å². The molecule has 0 aliphatic carbocycles. The van der Waals surface area contributed by atoms with E-state index < -0.39 is 22.0 Å². The van der Waals surface area contributed by atoms with E-state index in [1.54, 1.807) is 31.2 Å². The fourth-order valence-corrected chi connectivity index (χ4v) is 2.89. The fourth-order valence-electron chi connectivity index (χ4n) is 1.77. The maximum Gasteiger partial charge on any atom is 0.260 e. The number of nitrogens with two attached hydrogens (primary N) is 1. The molecule has 0 unspecified atom stereocenters. The van der Waals surface area contributed by atoms with Gasteiger partial charge >= 0.3 is 0 Å². The summed E-state index contributed by atoms with van der Waals surface area (Å²) in [5, 5.41) is 0. The Hall–Kier alpha value is -1.76. The Balaban J connectivity index is 2.50. The Bertz CT molecular complexity index is 570. The summed E-state index contributed by atoms with van der Waals surface area (Å²) >= 11 is 0. The Labute approximate surface area is 105 Å². The minimum absolute atomic E-state index is 0.0488. The fraction of sp³-hybridized carbons (Fsp3) is 0.364. The van der Waals surface area contributed by atoms with Crippen LogP contribution in [0.25, 0.3) is 0 Å². The van der Waals surface area contributed by atoms with Crippen LogP contribution in [0, 0.1) is 0 Å². The molecule has 18 heavy (non-hydrogen) atoms. The van der Waals surface area contributed by atoms with E-state index in [1.807, 2.05) is 0 Å². The van der Waals surface area contributed by atoms with Crippen molar-refractivity contribution in [3.63, 3.8) is 0 Å². The molecule has 0 bridgehead atoms. The molecule has 1 aromatic carbocycles. The minimum atomic E-state index is -3.46. The van der Waals surface area contributed by atoms with Crippen molar-refractivity contribution in [2.24, 2.45) is 5.73 Å². The number of primary amides is 1. The molecule has 0 fully saturated rings. The van der Waals surface area contributed by atoms with E-state index in [0.717, 1.165) is 0 Å². The molecule has 2 rings (SSSR count). The summed E-state index contributed by atoms with van der Waals surface area (Å²) in [4.78, 5) is 11.2. The van der Waals surface area contributed by atoms with Gasteiger partial charge in [0.15, 0.2) is 6.10 Å². The zero-order valence-electron chi connectivity index (χ0n) is 9.87. The number of amides is 1. The highest BCUT2D eigenvalue weighted by Crippen LogP contribution is 2.34. The number of fused-ring (bicyclic) bond motifs is 1. The third-order valence-electron chi connectivity index (χ3n) is 2.75. The van der Waals surface area contributed by atoms with Gasteiger partial charge in [0.1, 0.15) is 5.75 Å². The van der Waals surface area contributed by atoms with Crippen LogP contribution in [0.15, 0.2) is 24.3 Å². The summed E-state index contributed by atoms with van der Waals surface area (Å²) in [5.41, 5.74) is 5.63. The molecule has 2 N–H and O–H groups in total.